The van der Waals surface area contributed by atoms with Gasteiger partial charge >= 0.3 is 0 Å². The van der Waals surface area contributed by atoms with Gasteiger partial charge in [-0.2, -0.15) is 4.98 Å². The van der Waals surface area contributed by atoms with Gasteiger partial charge in [0.2, 0.25) is 5.16 Å². The van der Waals surface area contributed by atoms with E-state index in [-0.39, 0.29) is 0 Å². The second kappa shape index (κ2) is 7.39. The van der Waals surface area contributed by atoms with Crippen LogP contribution in [0.15, 0.2) is 9.68 Å². The zero-order chi connectivity index (χ0) is 18.1. The third-order valence-corrected chi connectivity index (χ3v) is 6.03. The summed E-state index contributed by atoms with van der Waals surface area (Å²) < 4.78 is 7.39. The van der Waals surface area contributed by atoms with E-state index >= 15 is 0 Å². The molecule has 0 bridgehead atoms. The van der Waals surface area contributed by atoms with Crippen molar-refractivity contribution in [3.05, 3.63) is 34.0 Å². The normalized spacial score (nSPS) is 14.1. The van der Waals surface area contributed by atoms with E-state index < -0.39 is 0 Å². The van der Waals surface area contributed by atoms with Crippen LogP contribution in [0.4, 0.5) is 0 Å². The monoisotopic (exact) mass is 371 g/mol. The van der Waals surface area contributed by atoms with E-state index in [0.29, 0.717) is 5.78 Å². The van der Waals surface area contributed by atoms with Crippen LogP contribution in [0.2, 0.25) is 0 Å². The summed E-state index contributed by atoms with van der Waals surface area (Å²) in [5, 5.41) is 9.70. The van der Waals surface area contributed by atoms with Crippen molar-refractivity contribution >= 4 is 17.5 Å². The number of nitrogens with zero attached hydrogens (tertiary/aromatic N) is 5. The van der Waals surface area contributed by atoms with Crippen LogP contribution < -0.4 is 0 Å². The lowest BCUT2D eigenvalue weighted by atomic mass is 9.97. The van der Waals surface area contributed by atoms with Crippen molar-refractivity contribution in [3.8, 4) is 0 Å². The molecule has 4 rings (SSSR count). The molecule has 3 aromatic heterocycles. The molecule has 0 spiro atoms. The van der Waals surface area contributed by atoms with Crippen LogP contribution in [0, 0.1) is 13.8 Å². The molecule has 0 radical (unpaired) electrons. The van der Waals surface area contributed by atoms with Gasteiger partial charge in [0.05, 0.1) is 5.69 Å². The van der Waals surface area contributed by atoms with Gasteiger partial charge in [0, 0.05) is 29.1 Å². The van der Waals surface area contributed by atoms with Crippen molar-refractivity contribution in [2.45, 2.75) is 76.6 Å². The highest BCUT2D eigenvalue weighted by Crippen LogP contribution is 2.28. The lowest BCUT2D eigenvalue weighted by Crippen LogP contribution is -2.05. The predicted octanol–water partition coefficient (Wildman–Crippen LogP) is 4.24. The Hall–Kier alpha value is -1.89. The molecule has 1 aliphatic rings. The van der Waals surface area contributed by atoms with Gasteiger partial charge in [-0.05, 0) is 51.5 Å². The topological polar surface area (TPSA) is 69.1 Å². The lowest BCUT2D eigenvalue weighted by molar-refractivity contribution is 0.369. The summed E-state index contributed by atoms with van der Waals surface area (Å²) in [5.41, 5.74) is 5.87. The maximum atomic E-state index is 5.50. The van der Waals surface area contributed by atoms with Gasteiger partial charge in [-0.1, -0.05) is 30.3 Å². The molecular weight excluding hydrogens is 346 g/mol. The van der Waals surface area contributed by atoms with E-state index in [9.17, 15) is 0 Å². The molecule has 1 aliphatic carbocycles. The summed E-state index contributed by atoms with van der Waals surface area (Å²) in [6.45, 7) is 6.40. The summed E-state index contributed by atoms with van der Waals surface area (Å²) in [7, 11) is 0. The van der Waals surface area contributed by atoms with E-state index in [1.54, 1.807) is 11.8 Å². The minimum atomic E-state index is 0.685. The fourth-order valence-corrected chi connectivity index (χ4v) is 4.44. The summed E-state index contributed by atoms with van der Waals surface area (Å²) in [5.74, 6) is 2.50. The first-order valence-electron chi connectivity index (χ1n) is 9.49. The van der Waals surface area contributed by atoms with Gasteiger partial charge in [-0.3, -0.25) is 0 Å². The maximum Gasteiger partial charge on any atom is 0.253 e. The average Bonchev–Trinajstić information content (AvgIpc) is 3.24. The van der Waals surface area contributed by atoms with Crippen LogP contribution in [-0.4, -0.2) is 24.7 Å². The number of thioether (sulfide) groups is 1. The Labute approximate surface area is 157 Å². The van der Waals surface area contributed by atoms with E-state index in [1.807, 2.05) is 4.52 Å². The molecule has 3 aromatic rings. The first kappa shape index (κ1) is 17.5. The molecular formula is C19H25N5OS. The fraction of sp³-hybridized carbons (Fsp3) is 0.579. The Balaban J connectivity index is 1.56. The highest BCUT2D eigenvalue weighted by molar-refractivity contribution is 7.98. The molecule has 0 saturated heterocycles. The summed E-state index contributed by atoms with van der Waals surface area (Å²) in [6.07, 6.45) is 7.91. The number of rotatable bonds is 6. The van der Waals surface area contributed by atoms with Crippen molar-refractivity contribution in [1.82, 2.24) is 24.7 Å². The Morgan fingerprint density at radius 1 is 1.15 bits per heavy atom. The fourth-order valence-electron chi connectivity index (χ4n) is 3.66. The van der Waals surface area contributed by atoms with E-state index in [0.717, 1.165) is 53.0 Å². The SMILES string of the molecule is CCCCc1c(C)nc2nc(SCc3noc4c3CCCC4)nn2c1C. The Kier molecular flexibility index (Phi) is 4.98. The third-order valence-electron chi connectivity index (χ3n) is 5.18. The summed E-state index contributed by atoms with van der Waals surface area (Å²) in [4.78, 5) is 9.28. The van der Waals surface area contributed by atoms with Crippen LogP contribution in [0.3, 0.4) is 0 Å². The largest absolute Gasteiger partial charge is 0.361 e. The van der Waals surface area contributed by atoms with Crippen LogP contribution in [-0.2, 0) is 25.0 Å². The van der Waals surface area contributed by atoms with Crippen molar-refractivity contribution in [2.75, 3.05) is 0 Å². The van der Waals surface area contributed by atoms with Gasteiger partial charge < -0.3 is 4.52 Å². The smallest absolute Gasteiger partial charge is 0.253 e. The Bertz CT molecular complexity index is 930. The molecule has 0 amide bonds. The molecule has 3 heterocycles. The van der Waals surface area contributed by atoms with Gasteiger partial charge in [0.15, 0.2) is 0 Å². The van der Waals surface area contributed by atoms with Crippen molar-refractivity contribution in [2.24, 2.45) is 0 Å². The van der Waals surface area contributed by atoms with Crippen LogP contribution in [0.1, 0.15) is 66.6 Å². The molecule has 0 unspecified atom stereocenters. The van der Waals surface area contributed by atoms with Crippen molar-refractivity contribution < 1.29 is 4.52 Å². The number of aryl methyl sites for hydroxylation is 3. The highest BCUT2D eigenvalue weighted by atomic mass is 32.2. The third kappa shape index (κ3) is 3.24. The number of hydrogen-bond acceptors (Lipinski definition) is 6. The predicted molar refractivity (Wildman–Crippen MR) is 102 cm³/mol. The maximum absolute atomic E-state index is 5.50. The molecule has 0 N–H and O–H groups in total. The molecule has 26 heavy (non-hydrogen) atoms. The zero-order valence-electron chi connectivity index (χ0n) is 15.7. The minimum absolute atomic E-state index is 0.685. The first-order valence-corrected chi connectivity index (χ1v) is 10.5. The second-order valence-corrected chi connectivity index (χ2v) is 7.94. The summed E-state index contributed by atoms with van der Waals surface area (Å²) in [6, 6.07) is 0. The average molecular weight is 372 g/mol. The zero-order valence-corrected chi connectivity index (χ0v) is 16.5. The number of unbranched alkanes of at least 4 members (excludes halogenated alkanes) is 1. The molecule has 0 fully saturated rings. The van der Waals surface area contributed by atoms with Crippen molar-refractivity contribution in [1.29, 1.82) is 0 Å². The van der Waals surface area contributed by atoms with Gasteiger partial charge in [-0.15, -0.1) is 5.10 Å². The molecule has 138 valence electrons. The number of aromatic nitrogens is 5. The minimum Gasteiger partial charge on any atom is -0.361 e. The van der Waals surface area contributed by atoms with Gasteiger partial charge in [0.25, 0.3) is 5.78 Å². The van der Waals surface area contributed by atoms with E-state index in [4.69, 9.17) is 4.52 Å². The number of fused-ring (bicyclic) bond motifs is 2. The molecule has 0 aromatic carbocycles. The van der Waals surface area contributed by atoms with Gasteiger partial charge in [0.1, 0.15) is 5.76 Å². The quantitative estimate of drug-likeness (QED) is 0.604. The molecule has 7 heteroatoms. The van der Waals surface area contributed by atoms with E-state index in [2.05, 4.69) is 41.0 Å². The highest BCUT2D eigenvalue weighted by Gasteiger charge is 2.20. The van der Waals surface area contributed by atoms with Gasteiger partial charge in [-0.25, -0.2) is 9.50 Å². The Morgan fingerprint density at radius 2 is 2.00 bits per heavy atom. The van der Waals surface area contributed by atoms with E-state index in [1.165, 1.54) is 36.8 Å². The second-order valence-electron chi connectivity index (χ2n) is 7.00. The van der Waals surface area contributed by atoms with Crippen LogP contribution in [0.5, 0.6) is 0 Å². The first-order chi connectivity index (χ1) is 12.7. The molecule has 0 atom stereocenters. The molecule has 0 saturated carbocycles. The van der Waals surface area contributed by atoms with Crippen molar-refractivity contribution in [3.63, 3.8) is 0 Å². The van der Waals surface area contributed by atoms with Crippen LogP contribution >= 0.6 is 11.8 Å². The van der Waals surface area contributed by atoms with Crippen LogP contribution in [0.25, 0.3) is 5.78 Å². The number of hydrogen-bond donors (Lipinski definition) is 0. The standard InChI is InChI=1S/C19H25N5OS/c1-4-5-8-14-12(2)20-18-21-19(22-24(18)13(14)3)26-11-16-15-9-6-7-10-17(15)25-23-16/h4-11H2,1-3H3. The lowest BCUT2D eigenvalue weighted by Gasteiger charge is -2.09. The molecule has 0 aliphatic heterocycles. The summed E-state index contributed by atoms with van der Waals surface area (Å²) >= 11 is 1.61. The Morgan fingerprint density at radius 3 is 2.85 bits per heavy atom. The molecule has 6 nitrogen and oxygen atoms in total.